The molecule has 1 aliphatic rings. The van der Waals surface area contributed by atoms with E-state index in [0.29, 0.717) is 6.04 Å². The summed E-state index contributed by atoms with van der Waals surface area (Å²) in [4.78, 5) is 1.58. The minimum absolute atomic E-state index is 0.581. The van der Waals surface area contributed by atoms with E-state index in [1.54, 1.807) is 4.88 Å². The molecule has 15 heavy (non-hydrogen) atoms. The lowest BCUT2D eigenvalue weighted by Gasteiger charge is -2.23. The van der Waals surface area contributed by atoms with E-state index in [-0.39, 0.29) is 0 Å². The highest BCUT2D eigenvalue weighted by atomic mass is 32.1. The second kappa shape index (κ2) is 5.34. The Labute approximate surface area is 95.9 Å². The molecule has 1 atom stereocenters. The van der Waals surface area contributed by atoms with E-state index in [0.717, 1.165) is 19.4 Å². The van der Waals surface area contributed by atoms with Crippen LogP contribution in [0, 0.1) is 12.3 Å². The van der Waals surface area contributed by atoms with E-state index in [4.69, 9.17) is 6.42 Å². The Balaban J connectivity index is 1.87. The van der Waals surface area contributed by atoms with Gasteiger partial charge in [-0.25, -0.2) is 0 Å². The monoisotopic (exact) mass is 219 g/mol. The number of unbranched alkanes of at least 4 members (excludes halogenated alkanes) is 1. The average Bonchev–Trinajstić information content (AvgIpc) is 2.73. The van der Waals surface area contributed by atoms with Gasteiger partial charge in [-0.05, 0) is 49.2 Å². The number of terminal acetylenes is 1. The van der Waals surface area contributed by atoms with Crippen molar-refractivity contribution in [2.45, 2.75) is 38.1 Å². The van der Waals surface area contributed by atoms with Crippen molar-refractivity contribution >= 4 is 11.3 Å². The Hall–Kier alpha value is -0.780. The first-order valence-corrected chi connectivity index (χ1v) is 6.53. The second-order valence-electron chi connectivity index (χ2n) is 4.01. The molecular weight excluding hydrogens is 202 g/mol. The molecule has 1 aromatic rings. The lowest BCUT2D eigenvalue weighted by molar-refractivity contribution is 0.461. The predicted molar refractivity (Wildman–Crippen MR) is 66.1 cm³/mol. The summed E-state index contributed by atoms with van der Waals surface area (Å²) in [6, 6.07) is 2.86. The highest BCUT2D eigenvalue weighted by Gasteiger charge is 2.19. The first kappa shape index (κ1) is 10.7. The van der Waals surface area contributed by atoms with Crippen LogP contribution in [0.15, 0.2) is 11.4 Å². The lowest BCUT2D eigenvalue weighted by Crippen LogP contribution is -2.25. The summed E-state index contributed by atoms with van der Waals surface area (Å²) in [7, 11) is 0. The molecule has 1 heterocycles. The Morgan fingerprint density at radius 2 is 2.53 bits per heavy atom. The van der Waals surface area contributed by atoms with Crippen LogP contribution in [0.4, 0.5) is 0 Å². The van der Waals surface area contributed by atoms with Gasteiger partial charge in [-0.3, -0.25) is 0 Å². The van der Waals surface area contributed by atoms with Crippen LogP contribution in [0.3, 0.4) is 0 Å². The van der Waals surface area contributed by atoms with Crippen LogP contribution >= 0.6 is 11.3 Å². The molecule has 0 saturated carbocycles. The summed E-state index contributed by atoms with van der Waals surface area (Å²) in [5.74, 6) is 2.68. The molecule has 0 bridgehead atoms. The van der Waals surface area contributed by atoms with Gasteiger partial charge in [0.25, 0.3) is 0 Å². The maximum atomic E-state index is 5.23. The molecule has 1 aliphatic carbocycles. The van der Waals surface area contributed by atoms with Gasteiger partial charge in [0.1, 0.15) is 0 Å². The number of thiophene rings is 1. The third-order valence-electron chi connectivity index (χ3n) is 2.94. The zero-order valence-electron chi connectivity index (χ0n) is 8.96. The molecule has 0 aromatic carbocycles. The zero-order valence-corrected chi connectivity index (χ0v) is 9.78. The lowest BCUT2D eigenvalue weighted by atomic mass is 9.94. The third-order valence-corrected chi connectivity index (χ3v) is 3.94. The molecule has 2 rings (SSSR count). The smallest absolute Gasteiger partial charge is 0.0331 e. The van der Waals surface area contributed by atoms with Crippen molar-refractivity contribution in [3.8, 4) is 12.3 Å². The normalized spacial score (nSPS) is 19.5. The Morgan fingerprint density at radius 3 is 3.40 bits per heavy atom. The predicted octanol–water partition coefficient (Wildman–Crippen LogP) is 3.13. The molecule has 0 fully saturated rings. The van der Waals surface area contributed by atoms with Crippen LogP contribution in [0.1, 0.15) is 42.2 Å². The standard InChI is InChI=1S/C13H17NS/c1-2-3-4-9-14-12-6-5-7-13-11(12)8-10-15-13/h1,8,10,12,14H,3-7,9H2. The fourth-order valence-corrected chi connectivity index (χ4v) is 3.15. The molecule has 0 amide bonds. The molecule has 0 radical (unpaired) electrons. The summed E-state index contributed by atoms with van der Waals surface area (Å²) in [6.45, 7) is 1.05. The van der Waals surface area contributed by atoms with Crippen LogP contribution in [0.25, 0.3) is 0 Å². The number of fused-ring (bicyclic) bond motifs is 1. The van der Waals surface area contributed by atoms with Crippen LogP contribution in [-0.2, 0) is 6.42 Å². The highest BCUT2D eigenvalue weighted by molar-refractivity contribution is 7.10. The molecule has 0 aliphatic heterocycles. The van der Waals surface area contributed by atoms with Gasteiger partial charge in [0.05, 0.1) is 0 Å². The van der Waals surface area contributed by atoms with Crippen LogP contribution in [0.2, 0.25) is 0 Å². The van der Waals surface area contributed by atoms with Crippen LogP contribution in [-0.4, -0.2) is 6.54 Å². The molecule has 1 aromatic heterocycles. The molecule has 80 valence electrons. The maximum absolute atomic E-state index is 5.23. The zero-order chi connectivity index (χ0) is 10.5. The van der Waals surface area contributed by atoms with Gasteiger partial charge in [-0.15, -0.1) is 23.7 Å². The highest BCUT2D eigenvalue weighted by Crippen LogP contribution is 2.33. The van der Waals surface area contributed by atoms with Gasteiger partial charge in [0.2, 0.25) is 0 Å². The molecular formula is C13H17NS. The van der Waals surface area contributed by atoms with Gasteiger partial charge < -0.3 is 5.32 Å². The van der Waals surface area contributed by atoms with Crippen molar-refractivity contribution in [3.05, 3.63) is 21.9 Å². The van der Waals surface area contributed by atoms with E-state index < -0.39 is 0 Å². The van der Waals surface area contributed by atoms with Crippen LogP contribution < -0.4 is 5.32 Å². The van der Waals surface area contributed by atoms with Crippen molar-refractivity contribution < 1.29 is 0 Å². The largest absolute Gasteiger partial charge is 0.310 e. The number of hydrogen-bond donors (Lipinski definition) is 1. The van der Waals surface area contributed by atoms with Crippen molar-refractivity contribution in [1.82, 2.24) is 5.32 Å². The van der Waals surface area contributed by atoms with Gasteiger partial charge in [0, 0.05) is 17.3 Å². The number of rotatable bonds is 4. The number of aryl methyl sites for hydroxylation is 1. The van der Waals surface area contributed by atoms with E-state index in [9.17, 15) is 0 Å². The molecule has 1 unspecified atom stereocenters. The SMILES string of the molecule is C#CCCCNC1CCCc2sccc21. The summed E-state index contributed by atoms with van der Waals surface area (Å²) in [5, 5.41) is 5.82. The van der Waals surface area contributed by atoms with Gasteiger partial charge in [-0.2, -0.15) is 0 Å². The van der Waals surface area contributed by atoms with Gasteiger partial charge in [-0.1, -0.05) is 0 Å². The van der Waals surface area contributed by atoms with Crippen molar-refractivity contribution in [1.29, 1.82) is 0 Å². The van der Waals surface area contributed by atoms with E-state index >= 15 is 0 Å². The number of hydrogen-bond acceptors (Lipinski definition) is 2. The van der Waals surface area contributed by atoms with E-state index in [2.05, 4.69) is 22.7 Å². The summed E-state index contributed by atoms with van der Waals surface area (Å²) in [5.41, 5.74) is 1.53. The topological polar surface area (TPSA) is 12.0 Å². The minimum Gasteiger partial charge on any atom is -0.310 e. The summed E-state index contributed by atoms with van der Waals surface area (Å²) < 4.78 is 0. The maximum Gasteiger partial charge on any atom is 0.0331 e. The molecule has 1 nitrogen and oxygen atoms in total. The third kappa shape index (κ3) is 2.62. The van der Waals surface area contributed by atoms with E-state index in [1.807, 2.05) is 11.3 Å². The first-order valence-electron chi connectivity index (χ1n) is 5.65. The van der Waals surface area contributed by atoms with Crippen molar-refractivity contribution in [2.75, 3.05) is 6.54 Å². The number of nitrogens with one attached hydrogen (secondary N) is 1. The summed E-state index contributed by atoms with van der Waals surface area (Å²) >= 11 is 1.90. The van der Waals surface area contributed by atoms with Crippen LogP contribution in [0.5, 0.6) is 0 Å². The fraction of sp³-hybridized carbons (Fsp3) is 0.538. The Bertz CT molecular complexity index is 348. The van der Waals surface area contributed by atoms with E-state index in [1.165, 1.54) is 24.8 Å². The summed E-state index contributed by atoms with van der Waals surface area (Å²) in [6.07, 6.45) is 11.1. The molecule has 0 saturated heterocycles. The second-order valence-corrected chi connectivity index (χ2v) is 5.01. The fourth-order valence-electron chi connectivity index (χ4n) is 2.17. The van der Waals surface area contributed by atoms with Gasteiger partial charge >= 0.3 is 0 Å². The molecule has 0 spiro atoms. The quantitative estimate of drug-likeness (QED) is 0.606. The Morgan fingerprint density at radius 1 is 1.60 bits per heavy atom. The van der Waals surface area contributed by atoms with Gasteiger partial charge in [0.15, 0.2) is 0 Å². The average molecular weight is 219 g/mol. The van der Waals surface area contributed by atoms with Crippen molar-refractivity contribution in [2.24, 2.45) is 0 Å². The van der Waals surface area contributed by atoms with Crippen molar-refractivity contribution in [3.63, 3.8) is 0 Å². The Kier molecular flexibility index (Phi) is 3.82. The first-order chi connectivity index (χ1) is 7.42. The molecule has 1 N–H and O–H groups in total. The minimum atomic E-state index is 0.581. The molecule has 2 heteroatoms.